The molecule has 0 aliphatic carbocycles. The number of aryl methyl sites for hydroxylation is 1. The van der Waals surface area contributed by atoms with Gasteiger partial charge in [0.05, 0.1) is 16.8 Å². The highest BCUT2D eigenvalue weighted by atomic mass is 16.5. The van der Waals surface area contributed by atoms with E-state index in [0.29, 0.717) is 34.6 Å². The van der Waals surface area contributed by atoms with Gasteiger partial charge < -0.3 is 15.5 Å². The van der Waals surface area contributed by atoms with Gasteiger partial charge in [0.15, 0.2) is 0 Å². The molecule has 6 rings (SSSR count). The minimum atomic E-state index is -0.465. The smallest absolute Gasteiger partial charge is 0.261 e. The Hall–Kier alpha value is -4.83. The number of H-pyrrole nitrogens is 1. The molecule has 0 bridgehead atoms. The highest BCUT2D eigenvalue weighted by Gasteiger charge is 2.37. The molecule has 1 aliphatic heterocycles. The van der Waals surface area contributed by atoms with Crippen molar-refractivity contribution in [3.05, 3.63) is 105 Å². The van der Waals surface area contributed by atoms with Crippen LogP contribution in [0.25, 0.3) is 33.2 Å². The second-order valence-electron chi connectivity index (χ2n) is 11.3. The van der Waals surface area contributed by atoms with Crippen LogP contribution < -0.4 is 16.0 Å². The number of benzene rings is 3. The first-order valence-electron chi connectivity index (χ1n) is 13.5. The molecule has 1 atom stereocenters. The van der Waals surface area contributed by atoms with Crippen molar-refractivity contribution in [3.8, 4) is 23.2 Å². The first-order valence-corrected chi connectivity index (χ1v) is 13.5. The fourth-order valence-electron chi connectivity index (χ4n) is 5.90. The van der Waals surface area contributed by atoms with E-state index >= 15 is 0 Å². The number of para-hydroxylation sites is 2. The highest BCUT2D eigenvalue weighted by Crippen LogP contribution is 2.50. The van der Waals surface area contributed by atoms with Crippen LogP contribution in [0.15, 0.2) is 76.9 Å². The van der Waals surface area contributed by atoms with Crippen molar-refractivity contribution in [1.29, 1.82) is 5.26 Å². The minimum absolute atomic E-state index is 0.0831. The molecular formula is C33H31N5O2. The number of allylic oxidation sites excluding steroid dienone is 1. The standard InChI is InChI=1S/C33H31N5O2/c1-6-38-31(37-26-14-10-8-12-21(26)32(38)39)19-15-22-28(27-18(2)36-25-13-9-7-11-20(25)27)23(17-34)30(35)40-29(22)24(16-19)33(3,4)5/h7-16,28,36H,6,35H2,1-5H3. The van der Waals surface area contributed by atoms with Crippen molar-refractivity contribution in [2.75, 3.05) is 0 Å². The second-order valence-corrected chi connectivity index (χ2v) is 11.3. The lowest BCUT2D eigenvalue weighted by Crippen LogP contribution is -2.26. The van der Waals surface area contributed by atoms with E-state index in [1.807, 2.05) is 68.4 Å². The van der Waals surface area contributed by atoms with E-state index in [1.165, 1.54) is 0 Å². The first-order chi connectivity index (χ1) is 19.1. The Kier molecular flexibility index (Phi) is 5.81. The average Bonchev–Trinajstić information content (AvgIpc) is 3.26. The maximum Gasteiger partial charge on any atom is 0.261 e. The van der Waals surface area contributed by atoms with Crippen molar-refractivity contribution in [1.82, 2.24) is 14.5 Å². The molecule has 0 saturated heterocycles. The Bertz CT molecular complexity index is 1960. The third-order valence-electron chi connectivity index (χ3n) is 7.79. The molecule has 40 heavy (non-hydrogen) atoms. The van der Waals surface area contributed by atoms with Gasteiger partial charge in [-0.25, -0.2) is 4.98 Å². The largest absolute Gasteiger partial charge is 0.440 e. The van der Waals surface area contributed by atoms with Crippen LogP contribution in [0.3, 0.4) is 0 Å². The van der Waals surface area contributed by atoms with Crippen LogP contribution in [0.2, 0.25) is 0 Å². The number of aromatic nitrogens is 3. The van der Waals surface area contributed by atoms with Crippen LogP contribution in [0.4, 0.5) is 0 Å². The summed E-state index contributed by atoms with van der Waals surface area (Å²) in [7, 11) is 0. The van der Waals surface area contributed by atoms with Crippen molar-refractivity contribution >= 4 is 21.8 Å². The van der Waals surface area contributed by atoms with Crippen LogP contribution in [0, 0.1) is 18.3 Å². The van der Waals surface area contributed by atoms with Crippen molar-refractivity contribution in [3.63, 3.8) is 0 Å². The third-order valence-corrected chi connectivity index (χ3v) is 7.79. The summed E-state index contributed by atoms with van der Waals surface area (Å²) in [4.78, 5) is 22.0. The Labute approximate surface area is 232 Å². The molecule has 5 aromatic rings. The molecule has 0 saturated carbocycles. The number of aromatic amines is 1. The van der Waals surface area contributed by atoms with Gasteiger partial charge in [-0.05, 0) is 55.2 Å². The topological polar surface area (TPSA) is 110 Å². The van der Waals surface area contributed by atoms with E-state index < -0.39 is 5.92 Å². The summed E-state index contributed by atoms with van der Waals surface area (Å²) in [6.07, 6.45) is 0. The van der Waals surface area contributed by atoms with E-state index in [9.17, 15) is 10.1 Å². The van der Waals surface area contributed by atoms with Crippen LogP contribution in [-0.2, 0) is 12.0 Å². The van der Waals surface area contributed by atoms with E-state index in [-0.39, 0.29) is 16.9 Å². The number of fused-ring (bicyclic) bond motifs is 3. The molecule has 0 spiro atoms. The third kappa shape index (κ3) is 3.79. The Morgan fingerprint density at radius 2 is 1.80 bits per heavy atom. The average molecular weight is 530 g/mol. The summed E-state index contributed by atoms with van der Waals surface area (Å²) in [5.74, 6) is 0.869. The van der Waals surface area contributed by atoms with Gasteiger partial charge in [0.1, 0.15) is 23.2 Å². The molecule has 0 radical (unpaired) electrons. The van der Waals surface area contributed by atoms with Crippen molar-refractivity contribution in [2.24, 2.45) is 5.73 Å². The van der Waals surface area contributed by atoms with Crippen LogP contribution in [0.5, 0.6) is 5.75 Å². The summed E-state index contributed by atoms with van der Waals surface area (Å²) in [5, 5.41) is 11.9. The van der Waals surface area contributed by atoms with Crippen molar-refractivity contribution in [2.45, 2.75) is 52.5 Å². The summed E-state index contributed by atoms with van der Waals surface area (Å²) in [6, 6.07) is 21.9. The number of ether oxygens (including phenoxy) is 1. The molecule has 1 unspecified atom stereocenters. The van der Waals surface area contributed by atoms with Gasteiger partial charge in [0.25, 0.3) is 5.56 Å². The van der Waals surface area contributed by atoms with Gasteiger partial charge in [-0.1, -0.05) is 51.1 Å². The van der Waals surface area contributed by atoms with Crippen molar-refractivity contribution < 1.29 is 4.74 Å². The first kappa shape index (κ1) is 25.4. The lowest BCUT2D eigenvalue weighted by molar-refractivity contribution is 0.379. The predicted octanol–water partition coefficient (Wildman–Crippen LogP) is 6.39. The number of nitriles is 1. The zero-order valence-corrected chi connectivity index (χ0v) is 23.3. The highest BCUT2D eigenvalue weighted by molar-refractivity contribution is 5.87. The molecule has 200 valence electrons. The summed E-state index contributed by atoms with van der Waals surface area (Å²) in [5.41, 5.74) is 12.5. The van der Waals surface area contributed by atoms with E-state index in [2.05, 4.69) is 37.9 Å². The molecule has 3 heterocycles. The number of hydrogen-bond donors (Lipinski definition) is 2. The Morgan fingerprint density at radius 3 is 2.50 bits per heavy atom. The number of nitrogens with one attached hydrogen (secondary N) is 1. The lowest BCUT2D eigenvalue weighted by Gasteiger charge is -2.32. The predicted molar refractivity (Wildman–Crippen MR) is 158 cm³/mol. The van der Waals surface area contributed by atoms with Gasteiger partial charge in [-0.2, -0.15) is 5.26 Å². The maximum absolute atomic E-state index is 13.5. The van der Waals surface area contributed by atoms with Crippen LogP contribution >= 0.6 is 0 Å². The fraction of sp³-hybridized carbons (Fsp3) is 0.242. The molecule has 3 aromatic carbocycles. The number of nitrogens with two attached hydrogens (primary N) is 1. The molecule has 1 aliphatic rings. The number of hydrogen-bond acceptors (Lipinski definition) is 5. The fourth-order valence-corrected chi connectivity index (χ4v) is 5.90. The SMILES string of the molecule is CCn1c(-c2cc3c(c(C(C)(C)C)c2)OC(N)=C(C#N)C3c2c(C)[nH]c3ccccc23)nc2ccccc2c1=O. The van der Waals surface area contributed by atoms with E-state index in [4.69, 9.17) is 15.5 Å². The molecular weight excluding hydrogens is 498 g/mol. The van der Waals surface area contributed by atoms with Crippen LogP contribution in [0.1, 0.15) is 56.0 Å². The quantitative estimate of drug-likeness (QED) is 0.281. The second kappa shape index (κ2) is 9.13. The summed E-state index contributed by atoms with van der Waals surface area (Å²) >= 11 is 0. The molecule has 7 heteroatoms. The molecule has 0 fully saturated rings. The Morgan fingerprint density at radius 1 is 1.10 bits per heavy atom. The minimum Gasteiger partial charge on any atom is -0.440 e. The zero-order chi connectivity index (χ0) is 28.3. The Balaban J connectivity index is 1.73. The zero-order valence-electron chi connectivity index (χ0n) is 23.3. The normalized spacial score (nSPS) is 15.2. The molecule has 7 nitrogen and oxygen atoms in total. The molecule has 3 N–H and O–H groups in total. The molecule has 0 amide bonds. The van der Waals surface area contributed by atoms with E-state index in [0.717, 1.165) is 38.9 Å². The van der Waals surface area contributed by atoms with Gasteiger partial charge in [0, 0.05) is 39.8 Å². The summed E-state index contributed by atoms with van der Waals surface area (Å²) < 4.78 is 7.96. The van der Waals surface area contributed by atoms with Gasteiger partial charge in [0.2, 0.25) is 5.88 Å². The van der Waals surface area contributed by atoms with Gasteiger partial charge in [-0.3, -0.25) is 9.36 Å². The van der Waals surface area contributed by atoms with Crippen LogP contribution in [-0.4, -0.2) is 14.5 Å². The lowest BCUT2D eigenvalue weighted by atomic mass is 9.77. The van der Waals surface area contributed by atoms with E-state index in [1.54, 1.807) is 4.57 Å². The monoisotopic (exact) mass is 529 g/mol. The summed E-state index contributed by atoms with van der Waals surface area (Å²) in [6.45, 7) is 10.8. The number of rotatable bonds is 3. The number of nitrogens with zero attached hydrogens (tertiary/aromatic N) is 3. The molecule has 2 aromatic heterocycles. The van der Waals surface area contributed by atoms with Gasteiger partial charge >= 0.3 is 0 Å². The van der Waals surface area contributed by atoms with Gasteiger partial charge in [-0.15, -0.1) is 0 Å². The maximum atomic E-state index is 13.5.